The third-order valence-corrected chi connectivity index (χ3v) is 6.63. The molecule has 11 nitrogen and oxygen atoms in total. The molecule has 2 aromatic carbocycles. The minimum absolute atomic E-state index is 0.0978. The highest BCUT2D eigenvalue weighted by atomic mass is 16.5. The Morgan fingerprint density at radius 3 is 2.70 bits per heavy atom. The van der Waals surface area contributed by atoms with Crippen LogP contribution in [0.2, 0.25) is 0 Å². The number of anilines is 2. The number of benzene rings is 2. The summed E-state index contributed by atoms with van der Waals surface area (Å²) in [6, 6.07) is 15.0. The molecule has 0 aliphatic carbocycles. The molecule has 0 saturated carbocycles. The molecule has 3 atom stereocenters. The lowest BCUT2D eigenvalue weighted by Gasteiger charge is -2.37. The summed E-state index contributed by atoms with van der Waals surface area (Å²) < 4.78 is 12.4. The number of ether oxygens (including phenoxy) is 2. The summed E-state index contributed by atoms with van der Waals surface area (Å²) in [5.41, 5.74) is 7.38. The van der Waals surface area contributed by atoms with Gasteiger partial charge in [0.1, 0.15) is 23.5 Å². The fraction of sp³-hybridized carbons (Fsp3) is 0.346. The van der Waals surface area contributed by atoms with E-state index < -0.39 is 6.29 Å². The van der Waals surface area contributed by atoms with E-state index in [1.54, 1.807) is 42.1 Å². The number of hydrazine groups is 1. The summed E-state index contributed by atoms with van der Waals surface area (Å²) in [5.74, 6) is 0.857. The van der Waals surface area contributed by atoms with Gasteiger partial charge in [-0.2, -0.15) is 5.10 Å². The van der Waals surface area contributed by atoms with Gasteiger partial charge in [-0.25, -0.2) is 10.1 Å². The van der Waals surface area contributed by atoms with Crippen LogP contribution in [-0.2, 0) is 9.59 Å². The van der Waals surface area contributed by atoms with Crippen molar-refractivity contribution in [2.45, 2.75) is 33.2 Å². The van der Waals surface area contributed by atoms with E-state index in [4.69, 9.17) is 9.47 Å². The number of nitrogens with zero attached hydrogens (tertiary/aromatic N) is 3. The van der Waals surface area contributed by atoms with Crippen LogP contribution in [0.1, 0.15) is 23.1 Å². The predicted molar refractivity (Wildman–Crippen MR) is 138 cm³/mol. The van der Waals surface area contributed by atoms with Crippen LogP contribution in [0.25, 0.3) is 0 Å². The first-order valence-corrected chi connectivity index (χ1v) is 12.1. The van der Waals surface area contributed by atoms with E-state index in [-0.39, 0.29) is 30.5 Å². The molecule has 2 aliphatic heterocycles. The number of aromatic nitrogens is 2. The third kappa shape index (κ3) is 5.09. The molecule has 4 N–H and O–H groups in total. The molecular weight excluding hydrogens is 474 g/mol. The molecular formula is C26H31N7O4. The number of fused-ring (bicyclic) bond motifs is 1. The van der Waals surface area contributed by atoms with Crippen LogP contribution in [0.15, 0.2) is 48.5 Å². The second-order valence-electron chi connectivity index (χ2n) is 9.26. The van der Waals surface area contributed by atoms with Gasteiger partial charge in [-0.3, -0.25) is 19.9 Å². The number of hydrogen-bond acceptors (Lipinski definition) is 8. The maximum absolute atomic E-state index is 13.0. The van der Waals surface area contributed by atoms with Crippen molar-refractivity contribution >= 4 is 23.3 Å². The zero-order valence-electron chi connectivity index (χ0n) is 21.2. The molecule has 2 aliphatic rings. The smallest absolute Gasteiger partial charge is 0.263 e. The fourth-order valence-electron chi connectivity index (χ4n) is 4.54. The average molecular weight is 506 g/mol. The number of carbonyl (C=O) groups excluding carboxylic acids is 2. The van der Waals surface area contributed by atoms with Crippen LogP contribution in [0.5, 0.6) is 11.5 Å². The summed E-state index contributed by atoms with van der Waals surface area (Å²) in [6.07, 6.45) is -0.962. The Morgan fingerprint density at radius 1 is 1.11 bits per heavy atom. The Hall–Kier alpha value is -4.09. The number of carbonyl (C=O) groups is 2. The normalized spacial score (nSPS) is 20.8. The SMILES string of the molecule is COc1cccc(OCC(=O)Nc2cc(C)nn2C2NC(=O)C3CNN(c4ccc(C)c(C)c4)C3N2)c1. The fourth-order valence-corrected chi connectivity index (χ4v) is 4.54. The van der Waals surface area contributed by atoms with Gasteiger partial charge in [-0.05, 0) is 56.2 Å². The maximum atomic E-state index is 13.0. The molecule has 194 valence electrons. The average Bonchev–Trinajstić information content (AvgIpc) is 3.48. The van der Waals surface area contributed by atoms with Crippen molar-refractivity contribution in [3.05, 3.63) is 65.4 Å². The molecule has 11 heteroatoms. The van der Waals surface area contributed by atoms with Crippen LogP contribution >= 0.6 is 0 Å². The maximum Gasteiger partial charge on any atom is 0.263 e. The van der Waals surface area contributed by atoms with Gasteiger partial charge in [0, 0.05) is 18.7 Å². The van der Waals surface area contributed by atoms with E-state index in [1.165, 1.54) is 11.1 Å². The third-order valence-electron chi connectivity index (χ3n) is 6.63. The molecule has 3 unspecified atom stereocenters. The molecule has 0 bridgehead atoms. The largest absolute Gasteiger partial charge is 0.497 e. The van der Waals surface area contributed by atoms with Crippen LogP contribution in [0, 0.1) is 26.7 Å². The number of nitrogens with one attached hydrogen (secondary N) is 4. The van der Waals surface area contributed by atoms with Crippen LogP contribution < -0.4 is 35.9 Å². The summed E-state index contributed by atoms with van der Waals surface area (Å²) in [5, 5.41) is 15.8. The predicted octanol–water partition coefficient (Wildman–Crippen LogP) is 1.98. The zero-order valence-corrected chi connectivity index (χ0v) is 21.2. The zero-order chi connectivity index (χ0) is 26.1. The Morgan fingerprint density at radius 2 is 1.92 bits per heavy atom. The molecule has 5 rings (SSSR count). The molecule has 1 aromatic heterocycles. The molecule has 37 heavy (non-hydrogen) atoms. The van der Waals surface area contributed by atoms with E-state index in [1.807, 2.05) is 18.0 Å². The van der Waals surface area contributed by atoms with Crippen molar-refractivity contribution in [1.29, 1.82) is 0 Å². The summed E-state index contributed by atoms with van der Waals surface area (Å²) >= 11 is 0. The van der Waals surface area contributed by atoms with Gasteiger partial charge in [0.05, 0.1) is 24.4 Å². The minimum atomic E-state index is -0.661. The first kappa shape index (κ1) is 24.6. The van der Waals surface area contributed by atoms with E-state index in [0.717, 1.165) is 5.69 Å². The molecule has 2 fully saturated rings. The standard InChI is InChI=1S/C26H31N7O4/c1-15-8-9-18(10-16(15)2)32-24-21(13-27-32)25(35)30-26(29-24)33-22(11-17(3)31-33)28-23(34)14-37-20-7-5-6-19(12-20)36-4/h5-12,21,24,26-27,29H,13-14H2,1-4H3,(H,28,34)(H,30,35). The summed E-state index contributed by atoms with van der Waals surface area (Å²) in [6.45, 7) is 6.27. The van der Waals surface area contributed by atoms with Crippen molar-refractivity contribution < 1.29 is 19.1 Å². The van der Waals surface area contributed by atoms with E-state index in [9.17, 15) is 9.59 Å². The Balaban J connectivity index is 1.30. The minimum Gasteiger partial charge on any atom is -0.497 e. The van der Waals surface area contributed by atoms with Crippen LogP contribution in [0.3, 0.4) is 0 Å². The van der Waals surface area contributed by atoms with Crippen molar-refractivity contribution in [2.75, 3.05) is 30.6 Å². The Labute approximate surface area is 215 Å². The van der Waals surface area contributed by atoms with Gasteiger partial charge in [0.2, 0.25) is 5.91 Å². The Kier molecular flexibility index (Phi) is 6.72. The summed E-state index contributed by atoms with van der Waals surface area (Å²) in [7, 11) is 1.57. The van der Waals surface area contributed by atoms with Gasteiger partial charge in [0.15, 0.2) is 12.9 Å². The van der Waals surface area contributed by atoms with Crippen LogP contribution in [-0.4, -0.2) is 48.0 Å². The first-order valence-electron chi connectivity index (χ1n) is 12.1. The number of hydrogen-bond donors (Lipinski definition) is 4. The quantitative estimate of drug-likeness (QED) is 0.385. The van der Waals surface area contributed by atoms with Crippen molar-refractivity contribution in [1.82, 2.24) is 25.8 Å². The molecule has 2 amide bonds. The lowest BCUT2D eigenvalue weighted by atomic mass is 10.0. The lowest BCUT2D eigenvalue weighted by molar-refractivity contribution is -0.129. The number of rotatable bonds is 7. The number of amides is 2. The molecule has 0 spiro atoms. The highest BCUT2D eigenvalue weighted by molar-refractivity contribution is 5.91. The molecule has 2 saturated heterocycles. The van der Waals surface area contributed by atoms with Gasteiger partial charge >= 0.3 is 0 Å². The van der Waals surface area contributed by atoms with Crippen molar-refractivity contribution in [3.8, 4) is 11.5 Å². The van der Waals surface area contributed by atoms with Crippen molar-refractivity contribution in [2.24, 2.45) is 5.92 Å². The molecule has 3 heterocycles. The first-order chi connectivity index (χ1) is 17.8. The van der Waals surface area contributed by atoms with Crippen LogP contribution in [0.4, 0.5) is 11.5 Å². The second-order valence-corrected chi connectivity index (χ2v) is 9.26. The van der Waals surface area contributed by atoms with Gasteiger partial charge in [0.25, 0.3) is 5.91 Å². The molecule has 3 aromatic rings. The Bertz CT molecular complexity index is 1320. The number of methoxy groups -OCH3 is 1. The van der Waals surface area contributed by atoms with Crippen molar-refractivity contribution in [3.63, 3.8) is 0 Å². The van der Waals surface area contributed by atoms with Gasteiger partial charge in [-0.15, -0.1) is 0 Å². The lowest BCUT2D eigenvalue weighted by Crippen LogP contribution is -2.61. The second kappa shape index (κ2) is 10.1. The van der Waals surface area contributed by atoms with E-state index >= 15 is 0 Å². The highest BCUT2D eigenvalue weighted by Gasteiger charge is 2.45. The molecule has 0 radical (unpaired) electrons. The van der Waals surface area contributed by atoms with E-state index in [0.29, 0.717) is 29.6 Å². The topological polar surface area (TPSA) is 122 Å². The summed E-state index contributed by atoms with van der Waals surface area (Å²) in [4.78, 5) is 25.7. The van der Waals surface area contributed by atoms with Gasteiger partial charge in [-0.1, -0.05) is 12.1 Å². The monoisotopic (exact) mass is 505 g/mol. The highest BCUT2D eigenvalue weighted by Crippen LogP contribution is 2.29. The van der Waals surface area contributed by atoms with Gasteiger partial charge < -0.3 is 20.1 Å². The number of aryl methyl sites for hydroxylation is 3. The van der Waals surface area contributed by atoms with E-state index in [2.05, 4.69) is 52.5 Å².